The number of rotatable bonds is 10. The van der Waals surface area contributed by atoms with Crippen molar-refractivity contribution in [2.24, 2.45) is 5.92 Å². The zero-order valence-corrected chi connectivity index (χ0v) is 15.4. The van der Waals surface area contributed by atoms with Gasteiger partial charge in [0.05, 0.1) is 6.61 Å². The van der Waals surface area contributed by atoms with Crippen LogP contribution in [-0.4, -0.2) is 49.9 Å². The van der Waals surface area contributed by atoms with Crippen LogP contribution < -0.4 is 5.56 Å². The van der Waals surface area contributed by atoms with Crippen LogP contribution >= 0.6 is 0 Å². The van der Waals surface area contributed by atoms with Crippen LogP contribution in [0.25, 0.3) is 0 Å². The van der Waals surface area contributed by atoms with Gasteiger partial charge in [-0.1, -0.05) is 19.9 Å². The summed E-state index contributed by atoms with van der Waals surface area (Å²) in [7, 11) is 5.54. The maximum Gasteiger partial charge on any atom is 0.329 e. The number of ether oxygens (including phenoxy) is 2. The second-order valence-corrected chi connectivity index (χ2v) is 6.68. The molecule has 1 heterocycles. The molecular formula is C18H30N2O4. The number of methoxy groups -OCH3 is 1. The second kappa shape index (κ2) is 10.3. The number of aromatic nitrogens is 1. The van der Waals surface area contributed by atoms with Crippen molar-refractivity contribution in [3.05, 3.63) is 34.2 Å². The molecule has 0 saturated heterocycles. The summed E-state index contributed by atoms with van der Waals surface area (Å²) in [5, 5.41) is 0. The van der Waals surface area contributed by atoms with E-state index in [0.717, 1.165) is 5.56 Å². The van der Waals surface area contributed by atoms with E-state index in [-0.39, 0.29) is 17.4 Å². The highest BCUT2D eigenvalue weighted by Crippen LogP contribution is 2.18. The summed E-state index contributed by atoms with van der Waals surface area (Å²) >= 11 is 0. The zero-order chi connectivity index (χ0) is 18.1. The quantitative estimate of drug-likeness (QED) is 0.483. The maximum absolute atomic E-state index is 12.5. The first kappa shape index (κ1) is 20.4. The average Bonchev–Trinajstić information content (AvgIpc) is 2.50. The Morgan fingerprint density at radius 3 is 2.54 bits per heavy atom. The van der Waals surface area contributed by atoms with E-state index in [1.807, 2.05) is 32.8 Å². The van der Waals surface area contributed by atoms with E-state index >= 15 is 0 Å². The molecule has 0 aliphatic heterocycles. The van der Waals surface area contributed by atoms with Crippen LogP contribution in [0.4, 0.5) is 0 Å². The van der Waals surface area contributed by atoms with Crippen LogP contribution in [-0.2, 0) is 20.8 Å². The van der Waals surface area contributed by atoms with E-state index in [2.05, 4.69) is 0 Å². The summed E-state index contributed by atoms with van der Waals surface area (Å²) in [6.45, 7) is 5.60. The summed E-state index contributed by atoms with van der Waals surface area (Å²) in [5.41, 5.74) is 0.803. The van der Waals surface area contributed by atoms with Gasteiger partial charge in [0.25, 0.3) is 5.56 Å². The summed E-state index contributed by atoms with van der Waals surface area (Å²) in [6, 6.07) is 2.72. The number of nitrogens with zero attached hydrogens (tertiary/aromatic N) is 2. The molecule has 24 heavy (non-hydrogen) atoms. The number of carbonyl (C=O) groups is 1. The van der Waals surface area contributed by atoms with Crippen molar-refractivity contribution in [3.63, 3.8) is 0 Å². The molecule has 1 aromatic heterocycles. The van der Waals surface area contributed by atoms with Crippen molar-refractivity contribution >= 4 is 5.97 Å². The highest BCUT2D eigenvalue weighted by atomic mass is 16.5. The summed E-state index contributed by atoms with van der Waals surface area (Å²) in [5.74, 6) is -0.0881. The number of hydrogen-bond acceptors (Lipinski definition) is 5. The maximum atomic E-state index is 12.5. The first-order valence-electron chi connectivity index (χ1n) is 8.36. The largest absolute Gasteiger partial charge is 0.464 e. The Morgan fingerprint density at radius 2 is 1.96 bits per heavy atom. The van der Waals surface area contributed by atoms with E-state index in [4.69, 9.17) is 9.47 Å². The third kappa shape index (κ3) is 6.84. The SMILES string of the molecule is COCCCOC(=O)C(CC(C)C)n1cc(CN(C)C)ccc1=O. The molecule has 1 unspecified atom stereocenters. The highest BCUT2D eigenvalue weighted by molar-refractivity contribution is 5.74. The first-order chi connectivity index (χ1) is 11.3. The van der Waals surface area contributed by atoms with E-state index in [9.17, 15) is 9.59 Å². The Balaban J connectivity index is 2.98. The molecule has 0 radical (unpaired) electrons. The van der Waals surface area contributed by atoms with Crippen LogP contribution in [0.2, 0.25) is 0 Å². The van der Waals surface area contributed by atoms with Gasteiger partial charge in [-0.2, -0.15) is 0 Å². The van der Waals surface area contributed by atoms with Crippen molar-refractivity contribution in [2.45, 2.75) is 39.3 Å². The standard InChI is InChI=1S/C18H30N2O4/c1-14(2)11-16(18(22)24-10-6-9-23-5)20-13-15(12-19(3)4)7-8-17(20)21/h7-8,13-14,16H,6,9-12H2,1-5H3. The molecule has 0 spiro atoms. The Morgan fingerprint density at radius 1 is 1.25 bits per heavy atom. The van der Waals surface area contributed by atoms with Crippen LogP contribution in [0.3, 0.4) is 0 Å². The van der Waals surface area contributed by atoms with Gasteiger partial charge in [0.15, 0.2) is 0 Å². The highest BCUT2D eigenvalue weighted by Gasteiger charge is 2.24. The minimum absolute atomic E-state index is 0.183. The Labute approximate surface area is 144 Å². The van der Waals surface area contributed by atoms with Crippen LogP contribution in [0, 0.1) is 5.92 Å². The molecule has 0 fully saturated rings. The zero-order valence-electron chi connectivity index (χ0n) is 15.4. The number of pyridine rings is 1. The molecule has 0 aliphatic carbocycles. The van der Waals surface area contributed by atoms with Gasteiger partial charge in [-0.15, -0.1) is 0 Å². The van der Waals surface area contributed by atoms with Gasteiger partial charge in [0.2, 0.25) is 0 Å². The predicted octanol–water partition coefficient (Wildman–Crippen LogP) is 2.08. The van der Waals surface area contributed by atoms with Crippen molar-refractivity contribution in [2.75, 3.05) is 34.4 Å². The van der Waals surface area contributed by atoms with Gasteiger partial charge in [-0.05, 0) is 32.0 Å². The number of hydrogen-bond donors (Lipinski definition) is 0. The molecule has 136 valence electrons. The van der Waals surface area contributed by atoms with Gasteiger partial charge >= 0.3 is 5.97 Å². The van der Waals surface area contributed by atoms with Gasteiger partial charge in [-0.3, -0.25) is 4.79 Å². The topological polar surface area (TPSA) is 60.8 Å². The molecule has 0 bridgehead atoms. The van der Waals surface area contributed by atoms with Crippen molar-refractivity contribution in [3.8, 4) is 0 Å². The fourth-order valence-electron chi connectivity index (χ4n) is 2.49. The molecule has 6 nitrogen and oxygen atoms in total. The minimum atomic E-state index is -0.595. The second-order valence-electron chi connectivity index (χ2n) is 6.68. The lowest BCUT2D eigenvalue weighted by Gasteiger charge is -2.21. The van der Waals surface area contributed by atoms with Crippen molar-refractivity contribution in [1.82, 2.24) is 9.47 Å². The third-order valence-electron chi connectivity index (χ3n) is 3.54. The Kier molecular flexibility index (Phi) is 8.71. The molecule has 1 rings (SSSR count). The fraction of sp³-hybridized carbons (Fsp3) is 0.667. The summed E-state index contributed by atoms with van der Waals surface area (Å²) < 4.78 is 11.8. The predicted molar refractivity (Wildman–Crippen MR) is 94.0 cm³/mol. The Bertz CT molecular complexity index is 566. The summed E-state index contributed by atoms with van der Waals surface area (Å²) in [6.07, 6.45) is 2.98. The minimum Gasteiger partial charge on any atom is -0.464 e. The molecule has 6 heteroatoms. The molecule has 0 aliphatic rings. The molecule has 0 aromatic carbocycles. The lowest BCUT2D eigenvalue weighted by molar-refractivity contribution is -0.148. The Hall–Kier alpha value is -1.66. The van der Waals surface area contributed by atoms with Gasteiger partial charge in [-0.25, -0.2) is 4.79 Å². The van der Waals surface area contributed by atoms with E-state index < -0.39 is 6.04 Å². The van der Waals surface area contributed by atoms with Crippen LogP contribution in [0.1, 0.15) is 38.3 Å². The van der Waals surface area contributed by atoms with Gasteiger partial charge in [0.1, 0.15) is 6.04 Å². The van der Waals surface area contributed by atoms with Crippen molar-refractivity contribution in [1.29, 1.82) is 0 Å². The number of esters is 1. The van der Waals surface area contributed by atoms with E-state index in [1.165, 1.54) is 10.6 Å². The van der Waals surface area contributed by atoms with Crippen LogP contribution in [0.15, 0.2) is 23.1 Å². The molecule has 1 aromatic rings. The van der Waals surface area contributed by atoms with Crippen LogP contribution in [0.5, 0.6) is 0 Å². The molecule has 0 amide bonds. The normalized spacial score (nSPS) is 12.6. The first-order valence-corrected chi connectivity index (χ1v) is 8.36. The number of carbonyl (C=O) groups excluding carboxylic acids is 1. The van der Waals surface area contributed by atoms with Gasteiger partial charge in [0, 0.05) is 38.9 Å². The van der Waals surface area contributed by atoms with Crippen molar-refractivity contribution < 1.29 is 14.3 Å². The molecule has 1 atom stereocenters. The fourth-order valence-corrected chi connectivity index (χ4v) is 2.49. The molecule has 0 saturated carbocycles. The third-order valence-corrected chi connectivity index (χ3v) is 3.54. The summed E-state index contributed by atoms with van der Waals surface area (Å²) in [4.78, 5) is 26.8. The van der Waals surface area contributed by atoms with E-state index in [1.54, 1.807) is 19.4 Å². The smallest absolute Gasteiger partial charge is 0.329 e. The molecular weight excluding hydrogens is 308 g/mol. The van der Waals surface area contributed by atoms with Gasteiger partial charge < -0.3 is 18.9 Å². The lowest BCUT2D eigenvalue weighted by atomic mass is 10.0. The average molecular weight is 338 g/mol. The van der Waals surface area contributed by atoms with E-state index in [0.29, 0.717) is 32.6 Å². The monoisotopic (exact) mass is 338 g/mol. The molecule has 0 N–H and O–H groups in total. The lowest BCUT2D eigenvalue weighted by Crippen LogP contribution is -2.32.